The monoisotopic (exact) mass is 396 g/mol. The van der Waals surface area contributed by atoms with Crippen LogP contribution in [0.2, 0.25) is 0 Å². The molecule has 2 N–H and O–H groups in total. The first-order valence-electron chi connectivity index (χ1n) is 9.39. The highest BCUT2D eigenvalue weighted by atomic mass is 16.4. The topological polar surface area (TPSA) is 107 Å². The van der Waals surface area contributed by atoms with Crippen LogP contribution in [0, 0.1) is 11.8 Å². The van der Waals surface area contributed by atoms with E-state index < -0.39 is 11.9 Å². The Kier molecular flexibility index (Phi) is 6.56. The van der Waals surface area contributed by atoms with Crippen molar-refractivity contribution in [2.75, 3.05) is 38.1 Å². The third kappa shape index (κ3) is 5.61. The summed E-state index contributed by atoms with van der Waals surface area (Å²) < 4.78 is 0. The molecule has 0 amide bonds. The molecular weight excluding hydrogens is 372 g/mol. The van der Waals surface area contributed by atoms with E-state index in [9.17, 15) is 9.59 Å². The number of anilines is 1. The summed E-state index contributed by atoms with van der Waals surface area (Å²) in [6.45, 7) is 4.68. The fourth-order valence-corrected chi connectivity index (χ4v) is 3.81. The Morgan fingerprint density at radius 1 is 0.897 bits per heavy atom. The van der Waals surface area contributed by atoms with E-state index in [1.807, 2.05) is 18.2 Å². The molecule has 3 heterocycles. The van der Waals surface area contributed by atoms with Gasteiger partial charge in [-0.3, -0.25) is 0 Å². The van der Waals surface area contributed by atoms with Crippen molar-refractivity contribution >= 4 is 17.8 Å². The predicted molar refractivity (Wildman–Crippen MR) is 109 cm³/mol. The van der Waals surface area contributed by atoms with Crippen LogP contribution in [0.3, 0.4) is 0 Å². The van der Waals surface area contributed by atoms with Crippen LogP contribution in [0.25, 0.3) is 11.3 Å². The molecule has 4 rings (SSSR count). The number of likely N-dealkylation sites (tertiary alicyclic amines) is 1. The van der Waals surface area contributed by atoms with Gasteiger partial charge in [-0.15, -0.1) is 10.2 Å². The van der Waals surface area contributed by atoms with Gasteiger partial charge in [0, 0.05) is 43.9 Å². The third-order valence-corrected chi connectivity index (χ3v) is 5.08. The van der Waals surface area contributed by atoms with Gasteiger partial charge in [0.1, 0.15) is 0 Å². The molecule has 29 heavy (non-hydrogen) atoms. The van der Waals surface area contributed by atoms with Gasteiger partial charge in [0.25, 0.3) is 0 Å². The average Bonchev–Trinajstić information content (AvgIpc) is 3.25. The number of benzene rings is 1. The Bertz CT molecular complexity index is 840. The molecule has 0 saturated carbocycles. The van der Waals surface area contributed by atoms with E-state index in [1.54, 1.807) is 0 Å². The number of nitrogens with zero attached hydrogens (tertiary/aromatic N) is 4. The van der Waals surface area contributed by atoms with Crippen molar-refractivity contribution in [3.8, 4) is 11.3 Å². The molecule has 1 aromatic heterocycles. The molecular formula is C21H24N4O4. The lowest BCUT2D eigenvalue weighted by Crippen LogP contribution is -2.27. The molecule has 0 spiro atoms. The van der Waals surface area contributed by atoms with Gasteiger partial charge in [-0.1, -0.05) is 30.3 Å². The average molecular weight is 396 g/mol. The first-order valence-corrected chi connectivity index (χ1v) is 9.39. The van der Waals surface area contributed by atoms with E-state index in [0.29, 0.717) is 12.2 Å². The molecule has 2 fully saturated rings. The first-order chi connectivity index (χ1) is 13.9. The van der Waals surface area contributed by atoms with Gasteiger partial charge in [0.2, 0.25) is 0 Å². The normalized spacial score (nSPS) is 20.9. The summed E-state index contributed by atoms with van der Waals surface area (Å²) in [7, 11) is 2.22. The summed E-state index contributed by atoms with van der Waals surface area (Å²) in [4.78, 5) is 23.9. The number of carbonyl (C=O) groups is 2. The highest BCUT2D eigenvalue weighted by Gasteiger charge is 2.39. The molecule has 2 aliphatic rings. The third-order valence-electron chi connectivity index (χ3n) is 5.08. The zero-order valence-electron chi connectivity index (χ0n) is 16.2. The molecule has 2 atom stereocenters. The molecule has 8 nitrogen and oxygen atoms in total. The molecule has 2 saturated heterocycles. The lowest BCUT2D eigenvalue weighted by atomic mass is 10.0. The molecule has 0 unspecified atom stereocenters. The quantitative estimate of drug-likeness (QED) is 0.754. The maximum absolute atomic E-state index is 9.55. The Morgan fingerprint density at radius 3 is 1.97 bits per heavy atom. The van der Waals surface area contributed by atoms with Crippen LogP contribution in [0.15, 0.2) is 54.6 Å². The van der Waals surface area contributed by atoms with E-state index in [2.05, 4.69) is 51.3 Å². The van der Waals surface area contributed by atoms with E-state index >= 15 is 0 Å². The SMILES string of the molecule is CN1C[C@@H]2CN(c3ccc(-c4ccccc4)nn3)C[C@@H]2C1.O=C(O)C=CC(=O)O. The minimum Gasteiger partial charge on any atom is -0.478 e. The van der Waals surface area contributed by atoms with Gasteiger partial charge in [-0.2, -0.15) is 0 Å². The van der Waals surface area contributed by atoms with E-state index in [-0.39, 0.29) is 0 Å². The molecule has 0 bridgehead atoms. The minimum atomic E-state index is -1.26. The second-order valence-corrected chi connectivity index (χ2v) is 7.30. The molecule has 0 aliphatic carbocycles. The molecule has 2 aliphatic heterocycles. The Labute approximate surface area is 169 Å². The van der Waals surface area contributed by atoms with Crippen LogP contribution < -0.4 is 4.90 Å². The highest BCUT2D eigenvalue weighted by molar-refractivity contribution is 5.89. The van der Waals surface area contributed by atoms with Gasteiger partial charge in [-0.05, 0) is 31.0 Å². The zero-order valence-corrected chi connectivity index (χ0v) is 16.2. The summed E-state index contributed by atoms with van der Waals surface area (Å²) >= 11 is 0. The molecule has 152 valence electrons. The van der Waals surface area contributed by atoms with Crippen LogP contribution in [-0.2, 0) is 9.59 Å². The second kappa shape index (κ2) is 9.29. The Morgan fingerprint density at radius 2 is 1.48 bits per heavy atom. The fourth-order valence-electron chi connectivity index (χ4n) is 3.81. The number of aromatic nitrogens is 2. The van der Waals surface area contributed by atoms with Crippen molar-refractivity contribution < 1.29 is 19.8 Å². The van der Waals surface area contributed by atoms with Crippen LogP contribution in [0.4, 0.5) is 5.82 Å². The van der Waals surface area contributed by atoms with Crippen molar-refractivity contribution in [2.45, 2.75) is 0 Å². The number of hydrogen-bond donors (Lipinski definition) is 2. The Hall–Kier alpha value is -3.26. The number of carboxylic acids is 2. The number of aliphatic carboxylic acids is 2. The van der Waals surface area contributed by atoms with E-state index in [1.165, 1.54) is 13.1 Å². The van der Waals surface area contributed by atoms with Crippen molar-refractivity contribution in [1.29, 1.82) is 0 Å². The van der Waals surface area contributed by atoms with Crippen molar-refractivity contribution in [3.05, 3.63) is 54.6 Å². The Balaban J connectivity index is 0.000000258. The van der Waals surface area contributed by atoms with Crippen LogP contribution in [-0.4, -0.2) is 70.5 Å². The number of fused-ring (bicyclic) bond motifs is 1. The number of hydrogen-bond acceptors (Lipinski definition) is 6. The van der Waals surface area contributed by atoms with E-state index in [0.717, 1.165) is 42.0 Å². The summed E-state index contributed by atoms with van der Waals surface area (Å²) in [5.74, 6) is 0.0998. The van der Waals surface area contributed by atoms with Crippen molar-refractivity contribution in [2.24, 2.45) is 11.8 Å². The summed E-state index contributed by atoms with van der Waals surface area (Å²) in [5.41, 5.74) is 2.06. The van der Waals surface area contributed by atoms with Gasteiger partial charge in [-0.25, -0.2) is 9.59 Å². The molecule has 8 heteroatoms. The summed E-state index contributed by atoms with van der Waals surface area (Å²) in [5, 5.41) is 24.5. The molecule has 1 aromatic carbocycles. The standard InChI is InChI=1S/C17H20N4.C4H4O4/c1-20-9-14-11-21(12-15(14)10-20)17-8-7-16(18-19-17)13-5-3-2-4-6-13;5-3(6)1-2-4(7)8/h2-8,14-15H,9-12H2,1H3;1-2H,(H,5,6)(H,7,8)/t14-,15+;. The summed E-state index contributed by atoms with van der Waals surface area (Å²) in [6.07, 6.45) is 1.12. The van der Waals surface area contributed by atoms with Crippen molar-refractivity contribution in [1.82, 2.24) is 15.1 Å². The highest BCUT2D eigenvalue weighted by Crippen LogP contribution is 2.32. The van der Waals surface area contributed by atoms with Gasteiger partial charge in [0.15, 0.2) is 5.82 Å². The lowest BCUT2D eigenvalue weighted by Gasteiger charge is -2.19. The minimum absolute atomic E-state index is 0.558. The zero-order chi connectivity index (χ0) is 20.8. The number of rotatable bonds is 4. The van der Waals surface area contributed by atoms with Crippen LogP contribution in [0.5, 0.6) is 0 Å². The van der Waals surface area contributed by atoms with Crippen molar-refractivity contribution in [3.63, 3.8) is 0 Å². The van der Waals surface area contributed by atoms with E-state index in [4.69, 9.17) is 10.2 Å². The van der Waals surface area contributed by atoms with Gasteiger partial charge >= 0.3 is 11.9 Å². The number of carboxylic acid groups (broad SMARTS) is 2. The predicted octanol–water partition coefficient (Wildman–Crippen LogP) is 1.85. The van der Waals surface area contributed by atoms with Crippen LogP contribution >= 0.6 is 0 Å². The smallest absolute Gasteiger partial charge is 0.328 e. The largest absolute Gasteiger partial charge is 0.478 e. The molecule has 2 aromatic rings. The fraction of sp³-hybridized carbons (Fsp3) is 0.333. The second-order valence-electron chi connectivity index (χ2n) is 7.30. The first kappa shape index (κ1) is 20.5. The molecule has 0 radical (unpaired) electrons. The summed E-state index contributed by atoms with van der Waals surface area (Å²) in [6, 6.07) is 14.4. The maximum Gasteiger partial charge on any atom is 0.328 e. The van der Waals surface area contributed by atoms with Gasteiger partial charge in [0.05, 0.1) is 5.69 Å². The maximum atomic E-state index is 9.55. The van der Waals surface area contributed by atoms with Crippen LogP contribution in [0.1, 0.15) is 0 Å². The van der Waals surface area contributed by atoms with Gasteiger partial charge < -0.3 is 20.0 Å². The lowest BCUT2D eigenvalue weighted by molar-refractivity contribution is -0.134.